The van der Waals surface area contributed by atoms with Gasteiger partial charge in [-0.15, -0.1) is 0 Å². The van der Waals surface area contributed by atoms with Crippen LogP contribution in [0.1, 0.15) is 62.3 Å². The molecule has 0 spiro atoms. The van der Waals surface area contributed by atoms with Crippen molar-refractivity contribution in [2.24, 2.45) is 11.8 Å². The van der Waals surface area contributed by atoms with Gasteiger partial charge in [-0.1, -0.05) is 13.8 Å². The van der Waals surface area contributed by atoms with Gasteiger partial charge in [0.05, 0.1) is 6.61 Å². The van der Waals surface area contributed by atoms with Crippen LogP contribution >= 0.6 is 0 Å². The molecule has 3 heterocycles. The summed E-state index contributed by atoms with van der Waals surface area (Å²) in [6.45, 7) is 8.61. The fourth-order valence-corrected chi connectivity index (χ4v) is 4.19. The molecule has 3 rings (SSSR count). The van der Waals surface area contributed by atoms with E-state index in [4.69, 9.17) is 9.15 Å². The zero-order chi connectivity index (χ0) is 19.4. The Morgan fingerprint density at radius 2 is 1.89 bits per heavy atom. The molecule has 2 aliphatic heterocycles. The summed E-state index contributed by atoms with van der Waals surface area (Å²) in [4.78, 5) is 28.9. The van der Waals surface area contributed by atoms with Gasteiger partial charge in [-0.25, -0.2) is 4.79 Å². The SMILES string of the molecule is Cc1ccc(C(=O)N2CCCCC2C2CCN(C(=O)OCC(C)C)CC2)o1. The average Bonchev–Trinajstić information content (AvgIpc) is 3.12. The lowest BCUT2D eigenvalue weighted by Crippen LogP contribution is -2.51. The maximum absolute atomic E-state index is 12.9. The minimum atomic E-state index is -0.204. The van der Waals surface area contributed by atoms with E-state index in [0.29, 0.717) is 37.3 Å². The quantitative estimate of drug-likeness (QED) is 0.794. The van der Waals surface area contributed by atoms with Crippen molar-refractivity contribution in [2.75, 3.05) is 26.2 Å². The van der Waals surface area contributed by atoms with E-state index in [1.54, 1.807) is 6.07 Å². The molecule has 1 aromatic rings. The van der Waals surface area contributed by atoms with E-state index in [0.717, 1.165) is 44.4 Å². The zero-order valence-corrected chi connectivity index (χ0v) is 16.8. The number of ether oxygens (including phenoxy) is 1. The Kier molecular flexibility index (Phi) is 6.45. The molecular weight excluding hydrogens is 344 g/mol. The van der Waals surface area contributed by atoms with Crippen molar-refractivity contribution in [3.8, 4) is 0 Å². The minimum Gasteiger partial charge on any atom is -0.456 e. The van der Waals surface area contributed by atoms with E-state index in [9.17, 15) is 9.59 Å². The van der Waals surface area contributed by atoms with E-state index >= 15 is 0 Å². The van der Waals surface area contributed by atoms with Gasteiger partial charge in [0, 0.05) is 25.7 Å². The molecule has 150 valence electrons. The fourth-order valence-electron chi connectivity index (χ4n) is 4.19. The van der Waals surface area contributed by atoms with Crippen LogP contribution in [0, 0.1) is 18.8 Å². The third-order valence-corrected chi connectivity index (χ3v) is 5.64. The fraction of sp³-hybridized carbons (Fsp3) is 0.714. The molecule has 2 aliphatic rings. The molecule has 0 N–H and O–H groups in total. The zero-order valence-electron chi connectivity index (χ0n) is 16.8. The van der Waals surface area contributed by atoms with Gasteiger partial charge < -0.3 is 19.0 Å². The summed E-state index contributed by atoms with van der Waals surface area (Å²) in [6, 6.07) is 3.86. The Bertz CT molecular complexity index is 646. The second-order valence-electron chi connectivity index (χ2n) is 8.27. The number of hydrogen-bond donors (Lipinski definition) is 0. The second kappa shape index (κ2) is 8.81. The first-order chi connectivity index (χ1) is 13.0. The summed E-state index contributed by atoms with van der Waals surface area (Å²) in [5, 5.41) is 0. The van der Waals surface area contributed by atoms with Crippen LogP contribution in [0.5, 0.6) is 0 Å². The monoisotopic (exact) mass is 376 g/mol. The van der Waals surface area contributed by atoms with Crippen molar-refractivity contribution in [3.63, 3.8) is 0 Å². The van der Waals surface area contributed by atoms with Gasteiger partial charge in [-0.05, 0) is 63.0 Å². The average molecular weight is 376 g/mol. The molecule has 1 atom stereocenters. The van der Waals surface area contributed by atoms with E-state index in [1.807, 2.05) is 36.6 Å². The van der Waals surface area contributed by atoms with Gasteiger partial charge in [0.15, 0.2) is 5.76 Å². The Labute approximate surface area is 161 Å². The Balaban J connectivity index is 1.58. The van der Waals surface area contributed by atoms with Crippen molar-refractivity contribution in [3.05, 3.63) is 23.7 Å². The summed E-state index contributed by atoms with van der Waals surface area (Å²) >= 11 is 0. The predicted octanol–water partition coefficient (Wildman–Crippen LogP) is 4.09. The summed E-state index contributed by atoms with van der Waals surface area (Å²) < 4.78 is 10.9. The maximum Gasteiger partial charge on any atom is 0.409 e. The van der Waals surface area contributed by atoms with Crippen LogP contribution in [0.15, 0.2) is 16.5 Å². The van der Waals surface area contributed by atoms with E-state index in [-0.39, 0.29) is 18.0 Å². The highest BCUT2D eigenvalue weighted by molar-refractivity contribution is 5.91. The molecule has 0 aromatic carbocycles. The Morgan fingerprint density at radius 3 is 2.52 bits per heavy atom. The Hall–Kier alpha value is -1.98. The second-order valence-corrected chi connectivity index (χ2v) is 8.27. The van der Waals surface area contributed by atoms with E-state index in [2.05, 4.69) is 0 Å². The van der Waals surface area contributed by atoms with Gasteiger partial charge >= 0.3 is 6.09 Å². The summed E-state index contributed by atoms with van der Waals surface area (Å²) in [5.41, 5.74) is 0. The lowest BCUT2D eigenvalue weighted by atomic mass is 9.83. The van der Waals surface area contributed by atoms with Crippen LogP contribution in [-0.4, -0.2) is 54.1 Å². The molecule has 27 heavy (non-hydrogen) atoms. The number of rotatable bonds is 4. The van der Waals surface area contributed by atoms with Crippen LogP contribution in [0.2, 0.25) is 0 Å². The first-order valence-corrected chi connectivity index (χ1v) is 10.2. The van der Waals surface area contributed by atoms with E-state index < -0.39 is 0 Å². The third kappa shape index (κ3) is 4.85. The number of carbonyl (C=O) groups is 2. The van der Waals surface area contributed by atoms with Crippen LogP contribution < -0.4 is 0 Å². The van der Waals surface area contributed by atoms with Crippen LogP contribution in [0.4, 0.5) is 4.79 Å². The molecule has 1 unspecified atom stereocenters. The first kappa shape index (κ1) is 19.8. The van der Waals surface area contributed by atoms with Gasteiger partial charge in [0.1, 0.15) is 5.76 Å². The molecule has 1 aromatic heterocycles. The number of carbonyl (C=O) groups excluding carboxylic acids is 2. The minimum absolute atomic E-state index is 0.00609. The highest BCUT2D eigenvalue weighted by atomic mass is 16.6. The molecule has 2 saturated heterocycles. The molecule has 0 saturated carbocycles. The molecule has 0 bridgehead atoms. The lowest BCUT2D eigenvalue weighted by molar-refractivity contribution is 0.0337. The van der Waals surface area contributed by atoms with Crippen molar-refractivity contribution < 1.29 is 18.7 Å². The standard InChI is InChI=1S/C21H32N2O4/c1-15(2)14-26-21(25)22-12-9-17(10-13-22)18-6-4-5-11-23(18)20(24)19-8-7-16(3)27-19/h7-8,15,17-18H,4-6,9-14H2,1-3H3. The van der Waals surface area contributed by atoms with Crippen molar-refractivity contribution >= 4 is 12.0 Å². The largest absolute Gasteiger partial charge is 0.456 e. The normalized spacial score (nSPS) is 21.6. The number of nitrogens with zero attached hydrogens (tertiary/aromatic N) is 2. The summed E-state index contributed by atoms with van der Waals surface area (Å²) in [5.74, 6) is 1.98. The van der Waals surface area contributed by atoms with Crippen molar-refractivity contribution in [1.82, 2.24) is 9.80 Å². The summed E-state index contributed by atoms with van der Waals surface area (Å²) in [7, 11) is 0. The number of furan rings is 1. The molecular formula is C21H32N2O4. The first-order valence-electron chi connectivity index (χ1n) is 10.2. The molecule has 6 heteroatoms. The van der Waals surface area contributed by atoms with Crippen LogP contribution in [0.25, 0.3) is 0 Å². The third-order valence-electron chi connectivity index (χ3n) is 5.64. The predicted molar refractivity (Wildman–Crippen MR) is 103 cm³/mol. The molecule has 6 nitrogen and oxygen atoms in total. The van der Waals surface area contributed by atoms with Gasteiger partial charge in [-0.3, -0.25) is 4.79 Å². The summed E-state index contributed by atoms with van der Waals surface area (Å²) in [6.07, 6.45) is 4.87. The smallest absolute Gasteiger partial charge is 0.409 e. The number of aryl methyl sites for hydroxylation is 1. The molecule has 0 radical (unpaired) electrons. The number of likely N-dealkylation sites (tertiary alicyclic amines) is 2. The Morgan fingerprint density at radius 1 is 1.15 bits per heavy atom. The molecule has 2 fully saturated rings. The van der Waals surface area contributed by atoms with Crippen molar-refractivity contribution in [2.45, 2.75) is 58.9 Å². The van der Waals surface area contributed by atoms with Crippen LogP contribution in [-0.2, 0) is 4.74 Å². The van der Waals surface area contributed by atoms with E-state index in [1.165, 1.54) is 0 Å². The highest BCUT2D eigenvalue weighted by Gasteiger charge is 2.36. The van der Waals surface area contributed by atoms with Crippen LogP contribution in [0.3, 0.4) is 0 Å². The molecule has 0 aliphatic carbocycles. The topological polar surface area (TPSA) is 63.0 Å². The van der Waals surface area contributed by atoms with Gasteiger partial charge in [0.2, 0.25) is 0 Å². The number of piperidine rings is 2. The number of amides is 2. The molecule has 2 amide bonds. The van der Waals surface area contributed by atoms with Gasteiger partial charge in [0.25, 0.3) is 5.91 Å². The highest BCUT2D eigenvalue weighted by Crippen LogP contribution is 2.32. The maximum atomic E-state index is 12.9. The van der Waals surface area contributed by atoms with Crippen molar-refractivity contribution in [1.29, 1.82) is 0 Å². The lowest BCUT2D eigenvalue weighted by Gasteiger charge is -2.43. The number of hydrogen-bond acceptors (Lipinski definition) is 4. The van der Waals surface area contributed by atoms with Gasteiger partial charge in [-0.2, -0.15) is 0 Å².